The predicted molar refractivity (Wildman–Crippen MR) is 129 cm³/mol. The average molecular weight is 439 g/mol. The van der Waals surface area contributed by atoms with Gasteiger partial charge in [0.2, 0.25) is 0 Å². The largest absolute Gasteiger partial charge is 0.264 e. The Labute approximate surface area is 182 Å². The lowest BCUT2D eigenvalue weighted by molar-refractivity contribution is 1.32. The highest BCUT2D eigenvalue weighted by Gasteiger charge is 2.25. The lowest BCUT2D eigenvalue weighted by Crippen LogP contribution is -1.74. The molecule has 0 aromatic carbocycles. The van der Waals surface area contributed by atoms with Crippen LogP contribution in [0.3, 0.4) is 0 Å². The molecule has 4 rings (SSSR count). The van der Waals surface area contributed by atoms with Crippen LogP contribution in [0.25, 0.3) is 12.2 Å². The van der Waals surface area contributed by atoms with E-state index in [-0.39, 0.29) is 0 Å². The van der Waals surface area contributed by atoms with Crippen molar-refractivity contribution >= 4 is 59.2 Å². The van der Waals surface area contributed by atoms with E-state index in [1.165, 1.54) is 28.1 Å². The van der Waals surface area contributed by atoms with Gasteiger partial charge in [-0.05, 0) is 49.3 Å². The highest BCUT2D eigenvalue weighted by atomic mass is 32.2. The van der Waals surface area contributed by atoms with Crippen LogP contribution < -0.4 is 0 Å². The van der Waals surface area contributed by atoms with Crippen molar-refractivity contribution in [3.63, 3.8) is 0 Å². The summed E-state index contributed by atoms with van der Waals surface area (Å²) in [5.74, 6) is 0. The standard InChI is InChI=1S/C22H18N2S4/c1-15-19(9-7-17-5-3-11-23-13-17)27-21(25-15)22-26-16(2)20(28-22)10-8-18-6-4-12-24-14-18/h3-14H,1-2H3/b9-7+,10-8+,22-21+. The number of hydrogen-bond acceptors (Lipinski definition) is 6. The second kappa shape index (κ2) is 9.27. The Hall–Kier alpha value is -1.60. The molecule has 28 heavy (non-hydrogen) atoms. The zero-order valence-electron chi connectivity index (χ0n) is 15.5. The van der Waals surface area contributed by atoms with Gasteiger partial charge >= 0.3 is 0 Å². The third-order valence-electron chi connectivity index (χ3n) is 3.98. The van der Waals surface area contributed by atoms with Crippen molar-refractivity contribution in [2.75, 3.05) is 0 Å². The molecule has 0 amide bonds. The molecule has 0 spiro atoms. The molecule has 0 saturated carbocycles. The average Bonchev–Trinajstić information content (AvgIpc) is 3.28. The lowest BCUT2D eigenvalue weighted by atomic mass is 10.2. The second-order valence-electron chi connectivity index (χ2n) is 6.06. The maximum atomic E-state index is 4.17. The van der Waals surface area contributed by atoms with E-state index >= 15 is 0 Å². The van der Waals surface area contributed by atoms with Gasteiger partial charge in [0.25, 0.3) is 0 Å². The maximum Gasteiger partial charge on any atom is 0.0703 e. The van der Waals surface area contributed by atoms with E-state index in [9.17, 15) is 0 Å². The van der Waals surface area contributed by atoms with Crippen LogP contribution in [0, 0.1) is 0 Å². The van der Waals surface area contributed by atoms with Gasteiger partial charge in [-0.1, -0.05) is 71.3 Å². The number of rotatable bonds is 4. The number of thioether (sulfide) groups is 4. The number of nitrogens with zero attached hydrogens (tertiary/aromatic N) is 2. The third kappa shape index (κ3) is 4.87. The molecule has 0 N–H and O–H groups in total. The molecule has 2 nitrogen and oxygen atoms in total. The predicted octanol–water partition coefficient (Wildman–Crippen LogP) is 7.75. The van der Waals surface area contributed by atoms with Crippen LogP contribution in [0.1, 0.15) is 25.0 Å². The monoisotopic (exact) mass is 438 g/mol. The van der Waals surface area contributed by atoms with Gasteiger partial charge in [-0.25, -0.2) is 0 Å². The van der Waals surface area contributed by atoms with E-state index in [1.54, 1.807) is 12.4 Å². The summed E-state index contributed by atoms with van der Waals surface area (Å²) in [6.45, 7) is 4.39. The summed E-state index contributed by atoms with van der Waals surface area (Å²) >= 11 is 7.49. The fraction of sp³-hybridized carbons (Fsp3) is 0.0909. The van der Waals surface area contributed by atoms with Crippen LogP contribution >= 0.6 is 47.0 Å². The van der Waals surface area contributed by atoms with Gasteiger partial charge in [-0.15, -0.1) is 0 Å². The van der Waals surface area contributed by atoms with Crippen molar-refractivity contribution in [1.29, 1.82) is 0 Å². The van der Waals surface area contributed by atoms with Crippen molar-refractivity contribution in [1.82, 2.24) is 9.97 Å². The second-order valence-corrected chi connectivity index (χ2v) is 11.1. The first kappa shape index (κ1) is 19.7. The van der Waals surface area contributed by atoms with Crippen molar-refractivity contribution in [2.45, 2.75) is 13.8 Å². The quantitative estimate of drug-likeness (QED) is 0.484. The zero-order chi connectivity index (χ0) is 19.3. The van der Waals surface area contributed by atoms with Gasteiger partial charge in [0.05, 0.1) is 8.47 Å². The van der Waals surface area contributed by atoms with Crippen LogP contribution in [-0.4, -0.2) is 9.97 Å². The molecule has 2 aliphatic heterocycles. The molecular formula is C22H18N2S4. The molecule has 2 aromatic heterocycles. The van der Waals surface area contributed by atoms with E-state index in [1.807, 2.05) is 71.6 Å². The van der Waals surface area contributed by atoms with E-state index in [0.717, 1.165) is 11.1 Å². The van der Waals surface area contributed by atoms with Crippen LogP contribution in [0.2, 0.25) is 0 Å². The first-order valence-corrected chi connectivity index (χ1v) is 12.0. The molecule has 0 aliphatic carbocycles. The summed E-state index contributed by atoms with van der Waals surface area (Å²) in [5.41, 5.74) is 2.25. The van der Waals surface area contributed by atoms with Crippen molar-refractivity contribution in [3.8, 4) is 0 Å². The highest BCUT2D eigenvalue weighted by Crippen LogP contribution is 2.60. The van der Waals surface area contributed by atoms with Gasteiger partial charge in [0.15, 0.2) is 0 Å². The minimum Gasteiger partial charge on any atom is -0.264 e. The lowest BCUT2D eigenvalue weighted by Gasteiger charge is -2.01. The normalized spacial score (nSPS) is 20.4. The van der Waals surface area contributed by atoms with E-state index in [2.05, 4.69) is 60.3 Å². The molecule has 0 radical (unpaired) electrons. The van der Waals surface area contributed by atoms with Gasteiger partial charge in [-0.2, -0.15) is 0 Å². The van der Waals surface area contributed by atoms with E-state index < -0.39 is 0 Å². The number of allylic oxidation sites excluding steroid dienone is 4. The summed E-state index contributed by atoms with van der Waals surface area (Å²) in [7, 11) is 0. The summed E-state index contributed by atoms with van der Waals surface area (Å²) < 4.78 is 2.75. The molecule has 140 valence electrons. The Balaban J connectivity index is 1.44. The Morgan fingerprint density at radius 1 is 0.643 bits per heavy atom. The number of aromatic nitrogens is 2. The first-order valence-electron chi connectivity index (χ1n) is 8.73. The Bertz CT molecular complexity index is 936. The summed E-state index contributed by atoms with van der Waals surface area (Å²) in [6.07, 6.45) is 16.0. The van der Waals surface area contributed by atoms with Crippen molar-refractivity contribution in [2.24, 2.45) is 0 Å². The first-order chi connectivity index (χ1) is 13.7. The molecule has 0 atom stereocenters. The van der Waals surface area contributed by atoms with Crippen LogP contribution in [0.15, 0.2) is 89.3 Å². The van der Waals surface area contributed by atoms with E-state index in [0.29, 0.717) is 0 Å². The minimum absolute atomic E-state index is 1.12. The third-order valence-corrected chi connectivity index (χ3v) is 9.69. The summed E-state index contributed by atoms with van der Waals surface area (Å²) in [5, 5.41) is 0. The molecule has 0 fully saturated rings. The van der Waals surface area contributed by atoms with E-state index in [4.69, 9.17) is 0 Å². The maximum absolute atomic E-state index is 4.17. The fourth-order valence-electron chi connectivity index (χ4n) is 2.53. The molecule has 0 saturated heterocycles. The topological polar surface area (TPSA) is 25.8 Å². The highest BCUT2D eigenvalue weighted by molar-refractivity contribution is 8.34. The SMILES string of the molecule is CC1=C(/C=C/c2cccnc2)S/C(=C2\SC(C)=C(/C=C/c3cccnc3)S2)S1. The van der Waals surface area contributed by atoms with Gasteiger partial charge in [0.1, 0.15) is 0 Å². The Morgan fingerprint density at radius 2 is 1.11 bits per heavy atom. The molecule has 0 unspecified atom stereocenters. The van der Waals surface area contributed by atoms with Crippen LogP contribution in [0.5, 0.6) is 0 Å². The molecule has 0 bridgehead atoms. The molecular weight excluding hydrogens is 421 g/mol. The van der Waals surface area contributed by atoms with Crippen molar-refractivity contribution in [3.05, 3.63) is 100 Å². The molecule has 4 heterocycles. The molecule has 6 heteroatoms. The Morgan fingerprint density at radius 3 is 1.50 bits per heavy atom. The minimum atomic E-state index is 1.12. The summed E-state index contributed by atoms with van der Waals surface area (Å²) in [4.78, 5) is 13.7. The number of pyridine rings is 2. The number of hydrogen-bond donors (Lipinski definition) is 0. The zero-order valence-corrected chi connectivity index (χ0v) is 18.7. The van der Waals surface area contributed by atoms with Crippen LogP contribution in [0.4, 0.5) is 0 Å². The fourth-order valence-corrected chi connectivity index (χ4v) is 7.83. The van der Waals surface area contributed by atoms with Crippen molar-refractivity contribution < 1.29 is 0 Å². The molecule has 2 aliphatic rings. The summed E-state index contributed by atoms with van der Waals surface area (Å²) in [6, 6.07) is 8.07. The van der Waals surface area contributed by atoms with Crippen LogP contribution in [-0.2, 0) is 0 Å². The smallest absolute Gasteiger partial charge is 0.0703 e. The van der Waals surface area contributed by atoms with Gasteiger partial charge in [0, 0.05) is 44.4 Å². The van der Waals surface area contributed by atoms with Gasteiger partial charge in [-0.3, -0.25) is 9.97 Å². The Kier molecular flexibility index (Phi) is 6.52. The van der Waals surface area contributed by atoms with Gasteiger partial charge < -0.3 is 0 Å². The molecule has 2 aromatic rings.